The predicted octanol–water partition coefficient (Wildman–Crippen LogP) is 2.36. The third-order valence-corrected chi connectivity index (χ3v) is 7.95. The Morgan fingerprint density at radius 3 is 2.24 bits per heavy atom. The molecule has 0 aromatic heterocycles. The van der Waals surface area contributed by atoms with Crippen LogP contribution in [0.1, 0.15) is 43.4 Å². The standard InChI is InChI=1S/C26H37N5O4S2/c1-4-18(2)23(31-37(34,35)17-20-8-6-5-7-9-20)26(33)30-22(14-15-36-3)25(32)29-16-19-10-12-21(13-11-19)24(27)28/h5-13,18,22-23,31H,4,14-17H2,1-3H3,(H3,27,28)(H,29,32)(H,30,33)/t18?,22-,23+/m0/s1. The average Bonchev–Trinajstić information content (AvgIpc) is 2.88. The van der Waals surface area contributed by atoms with Gasteiger partial charge in [-0.05, 0) is 35.5 Å². The fourth-order valence-corrected chi connectivity index (χ4v) is 5.49. The minimum absolute atomic E-state index is 0.0364. The highest BCUT2D eigenvalue weighted by Gasteiger charge is 2.31. The molecule has 2 aromatic rings. The zero-order valence-electron chi connectivity index (χ0n) is 21.5. The van der Waals surface area contributed by atoms with Crippen LogP contribution in [0.3, 0.4) is 0 Å². The molecule has 3 atom stereocenters. The van der Waals surface area contributed by atoms with Gasteiger partial charge in [-0.2, -0.15) is 11.8 Å². The minimum atomic E-state index is -3.80. The molecule has 0 spiro atoms. The highest BCUT2D eigenvalue weighted by atomic mass is 32.2. The molecular weight excluding hydrogens is 510 g/mol. The number of thioether (sulfide) groups is 1. The van der Waals surface area contributed by atoms with Crippen molar-refractivity contribution in [3.8, 4) is 0 Å². The van der Waals surface area contributed by atoms with Crippen molar-refractivity contribution in [2.45, 2.75) is 51.1 Å². The zero-order chi connectivity index (χ0) is 27.4. The van der Waals surface area contributed by atoms with Crippen LogP contribution in [0.4, 0.5) is 0 Å². The number of nitrogens with one attached hydrogen (secondary N) is 4. The third kappa shape index (κ3) is 10.2. The lowest BCUT2D eigenvalue weighted by atomic mass is 9.99. The Balaban J connectivity index is 2.10. The van der Waals surface area contributed by atoms with Crippen LogP contribution in [-0.2, 0) is 31.9 Å². The highest BCUT2D eigenvalue weighted by molar-refractivity contribution is 7.98. The minimum Gasteiger partial charge on any atom is -0.384 e. The van der Waals surface area contributed by atoms with Gasteiger partial charge in [0.05, 0.1) is 5.75 Å². The van der Waals surface area contributed by atoms with E-state index in [2.05, 4.69) is 15.4 Å². The van der Waals surface area contributed by atoms with Gasteiger partial charge in [0.1, 0.15) is 17.9 Å². The zero-order valence-corrected chi connectivity index (χ0v) is 23.1. The summed E-state index contributed by atoms with van der Waals surface area (Å²) in [5.74, 6) is -0.807. The molecule has 0 bridgehead atoms. The maximum absolute atomic E-state index is 13.3. The molecule has 9 nitrogen and oxygen atoms in total. The molecule has 0 aliphatic rings. The average molecular weight is 548 g/mol. The second kappa shape index (κ2) is 14.7. The molecular formula is C26H37N5O4S2. The number of sulfonamides is 1. The fraction of sp³-hybridized carbons (Fsp3) is 0.423. The third-order valence-electron chi connectivity index (χ3n) is 5.98. The van der Waals surface area contributed by atoms with Crippen molar-refractivity contribution in [3.05, 3.63) is 71.3 Å². The largest absolute Gasteiger partial charge is 0.384 e. The van der Waals surface area contributed by atoms with Crippen molar-refractivity contribution in [2.24, 2.45) is 11.7 Å². The molecule has 2 rings (SSSR count). The smallest absolute Gasteiger partial charge is 0.242 e. The van der Waals surface area contributed by atoms with E-state index in [9.17, 15) is 18.0 Å². The lowest BCUT2D eigenvalue weighted by molar-refractivity contribution is -0.130. The number of amides is 2. The van der Waals surface area contributed by atoms with Crippen molar-refractivity contribution in [3.63, 3.8) is 0 Å². The summed E-state index contributed by atoms with van der Waals surface area (Å²) in [5.41, 5.74) is 7.50. The number of nitrogen functional groups attached to an aromatic ring is 1. The van der Waals surface area contributed by atoms with Crippen molar-refractivity contribution < 1.29 is 18.0 Å². The monoisotopic (exact) mass is 547 g/mol. The number of rotatable bonds is 15. The molecule has 202 valence electrons. The highest BCUT2D eigenvalue weighted by Crippen LogP contribution is 2.13. The van der Waals surface area contributed by atoms with Gasteiger partial charge in [0, 0.05) is 12.1 Å². The summed E-state index contributed by atoms with van der Waals surface area (Å²) in [6.07, 6.45) is 2.88. The molecule has 0 aliphatic heterocycles. The second-order valence-electron chi connectivity index (χ2n) is 8.90. The summed E-state index contributed by atoms with van der Waals surface area (Å²) in [6, 6.07) is 13.9. The topological polar surface area (TPSA) is 154 Å². The van der Waals surface area contributed by atoms with Gasteiger partial charge in [0.2, 0.25) is 21.8 Å². The lowest BCUT2D eigenvalue weighted by Gasteiger charge is -2.26. The molecule has 2 amide bonds. The van der Waals surface area contributed by atoms with Crippen molar-refractivity contribution in [1.29, 1.82) is 5.41 Å². The molecule has 0 saturated heterocycles. The summed E-state index contributed by atoms with van der Waals surface area (Å²) in [7, 11) is -3.80. The first-order chi connectivity index (χ1) is 17.6. The van der Waals surface area contributed by atoms with E-state index >= 15 is 0 Å². The summed E-state index contributed by atoms with van der Waals surface area (Å²) < 4.78 is 28.3. The van der Waals surface area contributed by atoms with E-state index in [0.717, 1.165) is 5.56 Å². The van der Waals surface area contributed by atoms with Crippen molar-refractivity contribution >= 4 is 39.4 Å². The van der Waals surface area contributed by atoms with Crippen molar-refractivity contribution in [2.75, 3.05) is 12.0 Å². The van der Waals surface area contributed by atoms with Gasteiger partial charge in [-0.25, -0.2) is 13.1 Å². The summed E-state index contributed by atoms with van der Waals surface area (Å²) in [4.78, 5) is 26.3. The first kappa shape index (κ1) is 30.3. The van der Waals surface area contributed by atoms with Gasteiger partial charge in [-0.1, -0.05) is 74.9 Å². The van der Waals surface area contributed by atoms with E-state index in [1.54, 1.807) is 73.3 Å². The van der Waals surface area contributed by atoms with Gasteiger partial charge in [0.15, 0.2) is 0 Å². The van der Waals surface area contributed by atoms with Gasteiger partial charge in [0.25, 0.3) is 0 Å². The Bertz CT molecular complexity index is 1140. The first-order valence-corrected chi connectivity index (χ1v) is 15.1. The Morgan fingerprint density at radius 1 is 1.03 bits per heavy atom. The molecule has 0 aliphatic carbocycles. The number of carbonyl (C=O) groups is 2. The maximum Gasteiger partial charge on any atom is 0.242 e. The van der Waals surface area contributed by atoms with Gasteiger partial charge < -0.3 is 16.4 Å². The van der Waals surface area contributed by atoms with Crippen LogP contribution in [0.2, 0.25) is 0 Å². The Morgan fingerprint density at radius 2 is 1.68 bits per heavy atom. The molecule has 0 heterocycles. The Hall–Kier alpha value is -2.89. The van der Waals surface area contributed by atoms with Gasteiger partial charge >= 0.3 is 0 Å². The molecule has 0 saturated carbocycles. The lowest BCUT2D eigenvalue weighted by Crippen LogP contribution is -2.55. The van der Waals surface area contributed by atoms with E-state index in [0.29, 0.717) is 29.7 Å². The number of hydrogen-bond donors (Lipinski definition) is 5. The normalized spacial score (nSPS) is 13.8. The quantitative estimate of drug-likeness (QED) is 0.170. The number of hydrogen-bond acceptors (Lipinski definition) is 6. The van der Waals surface area contributed by atoms with Crippen LogP contribution in [0.15, 0.2) is 54.6 Å². The molecule has 6 N–H and O–H groups in total. The van der Waals surface area contributed by atoms with Crippen LogP contribution in [0, 0.1) is 11.3 Å². The molecule has 0 fully saturated rings. The van der Waals surface area contributed by atoms with Crippen LogP contribution in [-0.4, -0.2) is 50.2 Å². The molecule has 2 aromatic carbocycles. The van der Waals surface area contributed by atoms with Crippen LogP contribution >= 0.6 is 11.8 Å². The summed E-state index contributed by atoms with van der Waals surface area (Å²) in [5, 5.41) is 13.1. The van der Waals surface area contributed by atoms with E-state index in [1.807, 2.05) is 13.2 Å². The first-order valence-electron chi connectivity index (χ1n) is 12.1. The molecule has 37 heavy (non-hydrogen) atoms. The summed E-state index contributed by atoms with van der Waals surface area (Å²) in [6.45, 7) is 3.92. The maximum atomic E-state index is 13.3. The number of benzene rings is 2. The molecule has 0 radical (unpaired) electrons. The fourth-order valence-electron chi connectivity index (χ4n) is 3.57. The van der Waals surface area contributed by atoms with E-state index < -0.39 is 28.0 Å². The SMILES string of the molecule is CCC(C)[C@@H](NS(=O)(=O)Cc1ccccc1)C(=O)N[C@@H](CCSC)C(=O)NCc1ccc(C(=N)N)cc1. The Labute approximate surface area is 223 Å². The predicted molar refractivity (Wildman–Crippen MR) is 150 cm³/mol. The Kier molecular flexibility index (Phi) is 12.1. The summed E-state index contributed by atoms with van der Waals surface area (Å²) >= 11 is 1.55. The second-order valence-corrected chi connectivity index (χ2v) is 11.6. The molecule has 1 unspecified atom stereocenters. The molecule has 11 heteroatoms. The van der Waals surface area contributed by atoms with Crippen molar-refractivity contribution in [1.82, 2.24) is 15.4 Å². The van der Waals surface area contributed by atoms with Gasteiger partial charge in [-0.15, -0.1) is 0 Å². The van der Waals surface area contributed by atoms with E-state index in [-0.39, 0.29) is 30.0 Å². The van der Waals surface area contributed by atoms with Crippen LogP contribution < -0.4 is 21.1 Å². The van der Waals surface area contributed by atoms with E-state index in [1.165, 1.54) is 0 Å². The van der Waals surface area contributed by atoms with E-state index in [4.69, 9.17) is 11.1 Å². The van der Waals surface area contributed by atoms with Crippen LogP contribution in [0.25, 0.3) is 0 Å². The number of nitrogens with two attached hydrogens (primary N) is 1. The number of amidine groups is 1. The number of carbonyl (C=O) groups excluding carboxylic acids is 2. The van der Waals surface area contributed by atoms with Gasteiger partial charge in [-0.3, -0.25) is 15.0 Å². The van der Waals surface area contributed by atoms with Crippen LogP contribution in [0.5, 0.6) is 0 Å².